The highest BCUT2D eigenvalue weighted by Gasteiger charge is 2.01. The molecule has 0 atom stereocenters. The van der Waals surface area contributed by atoms with Gasteiger partial charge < -0.3 is 4.74 Å². The van der Waals surface area contributed by atoms with E-state index in [4.69, 9.17) is 4.74 Å². The van der Waals surface area contributed by atoms with Gasteiger partial charge in [-0.1, -0.05) is 32.4 Å². The molecule has 1 heteroatoms. The minimum atomic E-state index is 1.04. The Labute approximate surface area is 87.1 Å². The predicted molar refractivity (Wildman–Crippen MR) is 61.0 cm³/mol. The fraction of sp³-hybridized carbons (Fsp3) is 0.538. The van der Waals surface area contributed by atoms with Crippen molar-refractivity contribution in [2.75, 3.05) is 7.11 Å². The van der Waals surface area contributed by atoms with Gasteiger partial charge in [0.25, 0.3) is 0 Å². The number of benzene rings is 1. The maximum Gasteiger partial charge on any atom is 0.122 e. The van der Waals surface area contributed by atoms with E-state index in [1.807, 2.05) is 0 Å². The lowest BCUT2D eigenvalue weighted by Crippen LogP contribution is -1.93. The van der Waals surface area contributed by atoms with Crippen LogP contribution in [0.2, 0.25) is 0 Å². The standard InChI is InChI=1S/C13H20O/c1-4-6-7-11-8-9-12(5-2)13(10-11)14-3/h8-10H,4-7H2,1-3H3. The zero-order valence-corrected chi connectivity index (χ0v) is 9.47. The Balaban J connectivity index is 2.79. The van der Waals surface area contributed by atoms with Gasteiger partial charge in [-0.25, -0.2) is 0 Å². The van der Waals surface area contributed by atoms with Gasteiger partial charge in [0.1, 0.15) is 5.75 Å². The quantitative estimate of drug-likeness (QED) is 0.692. The zero-order valence-electron chi connectivity index (χ0n) is 9.47. The SMILES string of the molecule is CCCCc1ccc(CC)c(OC)c1. The minimum absolute atomic E-state index is 1.04. The van der Waals surface area contributed by atoms with E-state index in [1.54, 1.807) is 7.11 Å². The normalized spacial score (nSPS) is 10.2. The van der Waals surface area contributed by atoms with E-state index in [1.165, 1.54) is 24.0 Å². The summed E-state index contributed by atoms with van der Waals surface area (Å²) in [5, 5.41) is 0. The lowest BCUT2D eigenvalue weighted by Gasteiger charge is -2.08. The van der Waals surface area contributed by atoms with Gasteiger partial charge in [0, 0.05) is 0 Å². The van der Waals surface area contributed by atoms with Crippen molar-refractivity contribution in [3.8, 4) is 5.75 Å². The molecule has 0 radical (unpaired) electrons. The molecule has 0 spiro atoms. The Morgan fingerprint density at radius 2 is 2.00 bits per heavy atom. The van der Waals surface area contributed by atoms with Crippen LogP contribution in [0.4, 0.5) is 0 Å². The maximum absolute atomic E-state index is 5.36. The van der Waals surface area contributed by atoms with Crippen LogP contribution < -0.4 is 4.74 Å². The highest BCUT2D eigenvalue weighted by atomic mass is 16.5. The molecule has 1 rings (SSSR count). The van der Waals surface area contributed by atoms with Crippen molar-refractivity contribution < 1.29 is 4.74 Å². The molecule has 78 valence electrons. The minimum Gasteiger partial charge on any atom is -0.496 e. The van der Waals surface area contributed by atoms with Gasteiger partial charge in [0.05, 0.1) is 7.11 Å². The molecular formula is C13H20O. The fourth-order valence-corrected chi connectivity index (χ4v) is 1.62. The number of unbranched alkanes of at least 4 members (excludes halogenated alkanes) is 1. The van der Waals surface area contributed by atoms with Gasteiger partial charge in [0.2, 0.25) is 0 Å². The summed E-state index contributed by atoms with van der Waals surface area (Å²) < 4.78 is 5.36. The van der Waals surface area contributed by atoms with Crippen LogP contribution in [0.15, 0.2) is 18.2 Å². The molecular weight excluding hydrogens is 172 g/mol. The molecule has 14 heavy (non-hydrogen) atoms. The number of rotatable bonds is 5. The summed E-state index contributed by atoms with van der Waals surface area (Å²) in [5.41, 5.74) is 2.69. The van der Waals surface area contributed by atoms with Gasteiger partial charge in [0.15, 0.2) is 0 Å². The summed E-state index contributed by atoms with van der Waals surface area (Å²) in [6.45, 7) is 4.38. The van der Waals surface area contributed by atoms with Crippen LogP contribution in [0, 0.1) is 0 Å². The highest BCUT2D eigenvalue weighted by molar-refractivity contribution is 5.37. The first kappa shape index (κ1) is 11.1. The first-order valence-electron chi connectivity index (χ1n) is 5.47. The largest absolute Gasteiger partial charge is 0.496 e. The Morgan fingerprint density at radius 1 is 1.21 bits per heavy atom. The third-order valence-corrected chi connectivity index (χ3v) is 2.55. The Morgan fingerprint density at radius 3 is 2.57 bits per heavy atom. The number of aryl methyl sites for hydroxylation is 2. The second-order valence-electron chi connectivity index (χ2n) is 3.60. The van der Waals surface area contributed by atoms with Gasteiger partial charge in [-0.3, -0.25) is 0 Å². The highest BCUT2D eigenvalue weighted by Crippen LogP contribution is 2.21. The van der Waals surface area contributed by atoms with Crippen molar-refractivity contribution in [1.29, 1.82) is 0 Å². The first-order chi connectivity index (χ1) is 6.81. The van der Waals surface area contributed by atoms with E-state index >= 15 is 0 Å². The molecule has 1 aromatic rings. The fourth-order valence-electron chi connectivity index (χ4n) is 1.62. The predicted octanol–water partition coefficient (Wildman–Crippen LogP) is 3.60. The van der Waals surface area contributed by atoms with Crippen molar-refractivity contribution in [1.82, 2.24) is 0 Å². The Hall–Kier alpha value is -0.980. The zero-order chi connectivity index (χ0) is 10.4. The summed E-state index contributed by atoms with van der Waals surface area (Å²) in [6.07, 6.45) is 4.71. The van der Waals surface area contributed by atoms with Crippen molar-refractivity contribution in [3.63, 3.8) is 0 Å². The smallest absolute Gasteiger partial charge is 0.122 e. The Bertz CT molecular complexity index is 279. The topological polar surface area (TPSA) is 9.23 Å². The van der Waals surface area contributed by atoms with Crippen LogP contribution in [0.1, 0.15) is 37.8 Å². The number of methoxy groups -OCH3 is 1. The second kappa shape index (κ2) is 5.69. The van der Waals surface area contributed by atoms with Crippen molar-refractivity contribution >= 4 is 0 Å². The molecule has 1 aromatic carbocycles. The van der Waals surface area contributed by atoms with Crippen LogP contribution >= 0.6 is 0 Å². The number of ether oxygens (including phenoxy) is 1. The third kappa shape index (κ3) is 2.76. The van der Waals surface area contributed by atoms with Crippen LogP contribution in [0.5, 0.6) is 5.75 Å². The molecule has 0 heterocycles. The summed E-state index contributed by atoms with van der Waals surface area (Å²) in [6, 6.07) is 6.58. The summed E-state index contributed by atoms with van der Waals surface area (Å²) in [7, 11) is 1.75. The lowest BCUT2D eigenvalue weighted by molar-refractivity contribution is 0.409. The first-order valence-corrected chi connectivity index (χ1v) is 5.47. The van der Waals surface area contributed by atoms with Gasteiger partial charge in [-0.05, 0) is 36.5 Å². The molecule has 0 saturated heterocycles. The van der Waals surface area contributed by atoms with Gasteiger partial charge in [-0.15, -0.1) is 0 Å². The van der Waals surface area contributed by atoms with Crippen molar-refractivity contribution in [3.05, 3.63) is 29.3 Å². The third-order valence-electron chi connectivity index (χ3n) is 2.55. The Kier molecular flexibility index (Phi) is 4.51. The molecule has 0 aromatic heterocycles. The van der Waals surface area contributed by atoms with Crippen LogP contribution in [-0.2, 0) is 12.8 Å². The van der Waals surface area contributed by atoms with Crippen molar-refractivity contribution in [2.45, 2.75) is 39.5 Å². The molecule has 0 unspecified atom stereocenters. The lowest BCUT2D eigenvalue weighted by atomic mass is 10.0. The summed E-state index contributed by atoms with van der Waals surface area (Å²) >= 11 is 0. The molecule has 0 aliphatic rings. The van der Waals surface area contributed by atoms with Crippen LogP contribution in [-0.4, -0.2) is 7.11 Å². The number of hydrogen-bond acceptors (Lipinski definition) is 1. The molecule has 0 N–H and O–H groups in total. The molecule has 1 nitrogen and oxygen atoms in total. The second-order valence-corrected chi connectivity index (χ2v) is 3.60. The van der Waals surface area contributed by atoms with E-state index in [-0.39, 0.29) is 0 Å². The van der Waals surface area contributed by atoms with Crippen LogP contribution in [0.3, 0.4) is 0 Å². The number of hydrogen-bond donors (Lipinski definition) is 0. The van der Waals surface area contributed by atoms with Gasteiger partial charge in [-0.2, -0.15) is 0 Å². The van der Waals surface area contributed by atoms with Gasteiger partial charge >= 0.3 is 0 Å². The van der Waals surface area contributed by atoms with Crippen LogP contribution in [0.25, 0.3) is 0 Å². The van der Waals surface area contributed by atoms with Crippen molar-refractivity contribution in [2.24, 2.45) is 0 Å². The van der Waals surface area contributed by atoms with E-state index in [2.05, 4.69) is 32.0 Å². The summed E-state index contributed by atoms with van der Waals surface area (Å²) in [5.74, 6) is 1.04. The van der Waals surface area contributed by atoms with E-state index in [0.717, 1.165) is 18.6 Å². The molecule has 0 bridgehead atoms. The monoisotopic (exact) mass is 192 g/mol. The molecule has 0 fully saturated rings. The molecule has 0 amide bonds. The molecule has 0 saturated carbocycles. The average Bonchev–Trinajstić information content (AvgIpc) is 2.25. The average molecular weight is 192 g/mol. The van der Waals surface area contributed by atoms with E-state index < -0.39 is 0 Å². The maximum atomic E-state index is 5.36. The summed E-state index contributed by atoms with van der Waals surface area (Å²) in [4.78, 5) is 0. The molecule has 0 aliphatic heterocycles. The van der Waals surface area contributed by atoms with E-state index in [9.17, 15) is 0 Å². The molecule has 0 aliphatic carbocycles. The van der Waals surface area contributed by atoms with E-state index in [0.29, 0.717) is 0 Å².